The molecule has 0 bridgehead atoms. The van der Waals surface area contributed by atoms with E-state index in [2.05, 4.69) is 10.6 Å². The van der Waals surface area contributed by atoms with Gasteiger partial charge in [-0.1, -0.05) is 0 Å². The minimum atomic E-state index is -1.34. The molecule has 8 nitrogen and oxygen atoms in total. The van der Waals surface area contributed by atoms with E-state index in [0.717, 1.165) is 5.56 Å². The molecule has 2 aromatic carbocycles. The van der Waals surface area contributed by atoms with Gasteiger partial charge in [-0.15, -0.1) is 0 Å². The van der Waals surface area contributed by atoms with Gasteiger partial charge < -0.3 is 25.0 Å². The van der Waals surface area contributed by atoms with Crippen molar-refractivity contribution in [2.45, 2.75) is 44.7 Å². The van der Waals surface area contributed by atoms with Crippen molar-refractivity contribution in [2.24, 2.45) is 0 Å². The number of benzene rings is 2. The molecular weight excluding hydrogens is 460 g/mol. The Kier molecular flexibility index (Phi) is 6.64. The predicted octanol–water partition coefficient (Wildman–Crippen LogP) is 3.36. The summed E-state index contributed by atoms with van der Waals surface area (Å²) >= 11 is 0. The molecule has 3 amide bonds. The number of anilines is 1. The zero-order chi connectivity index (χ0) is 25.3. The number of amides is 3. The van der Waals surface area contributed by atoms with Crippen LogP contribution in [0.5, 0.6) is 5.75 Å². The third-order valence-corrected chi connectivity index (χ3v) is 6.36. The quantitative estimate of drug-likeness (QED) is 0.609. The fraction of sp³-hybridized carbons (Fsp3) is 0.400. The molecule has 186 valence electrons. The third-order valence-electron chi connectivity index (χ3n) is 6.36. The molecule has 0 spiro atoms. The van der Waals surface area contributed by atoms with Crippen LogP contribution in [0.2, 0.25) is 0 Å². The second kappa shape index (κ2) is 9.52. The Bertz CT molecular complexity index is 1150. The first-order valence-electron chi connectivity index (χ1n) is 11.4. The van der Waals surface area contributed by atoms with Gasteiger partial charge in [-0.05, 0) is 62.2 Å². The second-order valence-corrected chi connectivity index (χ2v) is 9.00. The van der Waals surface area contributed by atoms with Crippen molar-refractivity contribution in [3.05, 3.63) is 59.2 Å². The molecular formula is C25H27F2N3O5. The maximum Gasteiger partial charge on any atom is 0.331 e. The van der Waals surface area contributed by atoms with Crippen LogP contribution in [-0.2, 0) is 20.7 Å². The Morgan fingerprint density at radius 1 is 1.20 bits per heavy atom. The van der Waals surface area contributed by atoms with E-state index in [9.17, 15) is 18.8 Å². The van der Waals surface area contributed by atoms with Crippen molar-refractivity contribution in [3.63, 3.8) is 0 Å². The zero-order valence-corrected chi connectivity index (χ0v) is 19.7. The Hall–Kier alpha value is -3.69. The lowest BCUT2D eigenvalue weighted by atomic mass is 9.91. The number of halogens is 2. The van der Waals surface area contributed by atoms with Gasteiger partial charge in [0.25, 0.3) is 0 Å². The highest BCUT2D eigenvalue weighted by molar-refractivity contribution is 5.97. The van der Waals surface area contributed by atoms with E-state index in [0.29, 0.717) is 24.5 Å². The monoisotopic (exact) mass is 487 g/mol. The van der Waals surface area contributed by atoms with Gasteiger partial charge in [-0.25, -0.2) is 18.4 Å². The Morgan fingerprint density at radius 3 is 2.60 bits per heavy atom. The average molecular weight is 488 g/mol. The molecule has 0 radical (unpaired) electrons. The lowest BCUT2D eigenvalue weighted by Crippen LogP contribution is -2.54. The first kappa shape index (κ1) is 24.4. The number of fused-ring (bicyclic) bond motifs is 1. The number of nitrogens with one attached hydrogen (secondary N) is 2. The van der Waals surface area contributed by atoms with E-state index in [1.807, 2.05) is 0 Å². The van der Waals surface area contributed by atoms with E-state index in [4.69, 9.17) is 9.47 Å². The normalized spacial score (nSPS) is 19.2. The Balaban J connectivity index is 1.65. The van der Waals surface area contributed by atoms with Gasteiger partial charge in [-0.2, -0.15) is 0 Å². The molecule has 0 saturated carbocycles. The van der Waals surface area contributed by atoms with Crippen molar-refractivity contribution in [2.75, 3.05) is 25.1 Å². The number of esters is 1. The van der Waals surface area contributed by atoms with Gasteiger partial charge in [-0.3, -0.25) is 4.79 Å². The van der Waals surface area contributed by atoms with Crippen LogP contribution in [0, 0.1) is 11.6 Å². The summed E-state index contributed by atoms with van der Waals surface area (Å²) in [7, 11) is 0. The second-order valence-electron chi connectivity index (χ2n) is 9.00. The lowest BCUT2D eigenvalue weighted by molar-refractivity contribution is -0.160. The van der Waals surface area contributed by atoms with Crippen molar-refractivity contribution in [3.8, 4) is 5.75 Å². The molecule has 1 fully saturated rings. The topological polar surface area (TPSA) is 97.0 Å². The van der Waals surface area contributed by atoms with E-state index in [1.54, 1.807) is 26.8 Å². The van der Waals surface area contributed by atoms with Gasteiger partial charge in [0.2, 0.25) is 5.91 Å². The summed E-state index contributed by atoms with van der Waals surface area (Å²) in [5, 5.41) is 5.17. The van der Waals surface area contributed by atoms with E-state index < -0.39 is 47.0 Å². The molecule has 2 aliphatic rings. The summed E-state index contributed by atoms with van der Waals surface area (Å²) in [6.07, 6.45) is 0.602. The summed E-state index contributed by atoms with van der Waals surface area (Å²) in [5.74, 6) is -2.50. The maximum atomic E-state index is 15.2. The molecule has 0 aromatic heterocycles. The molecule has 2 N–H and O–H groups in total. The molecule has 2 heterocycles. The summed E-state index contributed by atoms with van der Waals surface area (Å²) < 4.78 is 38.9. The average Bonchev–Trinajstić information content (AvgIpc) is 3.39. The number of nitrogens with zero attached hydrogens (tertiary/aromatic N) is 1. The Morgan fingerprint density at radius 2 is 1.91 bits per heavy atom. The fourth-order valence-corrected chi connectivity index (χ4v) is 4.44. The highest BCUT2D eigenvalue weighted by Gasteiger charge is 2.51. The van der Waals surface area contributed by atoms with E-state index in [1.165, 1.54) is 35.2 Å². The van der Waals surface area contributed by atoms with E-state index in [-0.39, 0.29) is 18.7 Å². The molecule has 35 heavy (non-hydrogen) atoms. The number of rotatable bonds is 6. The molecule has 0 unspecified atom stereocenters. The summed E-state index contributed by atoms with van der Waals surface area (Å²) in [6, 6.07) is 6.19. The number of hydrogen-bond acceptors (Lipinski definition) is 5. The SMILES string of the molecule is CCOC(=O)C(C)(C)N1C[C@@H](c2cc3c(cc2F)OCC3)[C@H](NC(=O)Nc2ccc(F)cc2)C1=O. The van der Waals surface area contributed by atoms with Crippen LogP contribution in [0.3, 0.4) is 0 Å². The molecule has 2 atom stereocenters. The van der Waals surface area contributed by atoms with Crippen molar-refractivity contribution >= 4 is 23.6 Å². The van der Waals surface area contributed by atoms with Crippen LogP contribution in [0.15, 0.2) is 36.4 Å². The molecule has 2 aromatic rings. The van der Waals surface area contributed by atoms with Crippen molar-refractivity contribution < 1.29 is 32.6 Å². The van der Waals surface area contributed by atoms with Crippen LogP contribution in [0.4, 0.5) is 19.3 Å². The standard InChI is InChI=1S/C25H27F2N3O5/c1-4-34-23(32)25(2,3)30-13-18(17-11-14-9-10-35-20(14)12-19(17)27)21(22(30)31)29-24(33)28-16-7-5-15(26)6-8-16/h5-8,11-12,18,21H,4,9-10,13H2,1-3H3,(H2,28,29,33)/t18-,21-/m0/s1. The smallest absolute Gasteiger partial charge is 0.331 e. The van der Waals surface area contributed by atoms with Gasteiger partial charge >= 0.3 is 12.0 Å². The molecule has 0 aliphatic carbocycles. The number of carbonyl (C=O) groups excluding carboxylic acids is 3. The van der Waals surface area contributed by atoms with Crippen LogP contribution in [-0.4, -0.2) is 54.1 Å². The van der Waals surface area contributed by atoms with Gasteiger partial charge in [0.05, 0.1) is 13.2 Å². The van der Waals surface area contributed by atoms with Crippen LogP contribution in [0.1, 0.15) is 37.8 Å². The molecule has 4 rings (SSSR count). The number of likely N-dealkylation sites (tertiary alicyclic amines) is 1. The predicted molar refractivity (Wildman–Crippen MR) is 123 cm³/mol. The Labute approximate surface area is 201 Å². The van der Waals surface area contributed by atoms with Gasteiger partial charge in [0.1, 0.15) is 29.0 Å². The van der Waals surface area contributed by atoms with Crippen LogP contribution < -0.4 is 15.4 Å². The van der Waals surface area contributed by atoms with Crippen molar-refractivity contribution in [1.82, 2.24) is 10.2 Å². The van der Waals surface area contributed by atoms with Gasteiger partial charge in [0.15, 0.2) is 0 Å². The van der Waals surface area contributed by atoms with Crippen molar-refractivity contribution in [1.29, 1.82) is 0 Å². The molecule has 1 saturated heterocycles. The first-order valence-corrected chi connectivity index (χ1v) is 11.4. The van der Waals surface area contributed by atoms with E-state index >= 15 is 4.39 Å². The summed E-state index contributed by atoms with van der Waals surface area (Å²) in [5.41, 5.74) is 0.0321. The third kappa shape index (κ3) is 4.78. The largest absolute Gasteiger partial charge is 0.493 e. The fourth-order valence-electron chi connectivity index (χ4n) is 4.44. The number of carbonyl (C=O) groups is 3. The number of ether oxygens (including phenoxy) is 2. The zero-order valence-electron chi connectivity index (χ0n) is 19.7. The number of hydrogen-bond donors (Lipinski definition) is 2. The summed E-state index contributed by atoms with van der Waals surface area (Å²) in [6.45, 7) is 5.32. The van der Waals surface area contributed by atoms with Gasteiger partial charge in [0, 0.05) is 30.6 Å². The lowest BCUT2D eigenvalue weighted by Gasteiger charge is -2.33. The highest BCUT2D eigenvalue weighted by atomic mass is 19.1. The minimum absolute atomic E-state index is 0.0112. The minimum Gasteiger partial charge on any atom is -0.493 e. The van der Waals surface area contributed by atoms with Crippen LogP contribution in [0.25, 0.3) is 0 Å². The first-order chi connectivity index (χ1) is 16.6. The maximum absolute atomic E-state index is 15.2. The highest BCUT2D eigenvalue weighted by Crippen LogP contribution is 2.38. The summed E-state index contributed by atoms with van der Waals surface area (Å²) in [4.78, 5) is 40.2. The molecule has 2 aliphatic heterocycles. The number of urea groups is 1. The molecule has 10 heteroatoms. The van der Waals surface area contributed by atoms with Crippen LogP contribution >= 0.6 is 0 Å².